The largest absolute Gasteiger partial charge is 0.334 e. The first-order valence-electron chi connectivity index (χ1n) is 11.4. The molecule has 4 amide bonds. The third kappa shape index (κ3) is 4.74. The van der Waals surface area contributed by atoms with Crippen molar-refractivity contribution in [3.8, 4) is 0 Å². The summed E-state index contributed by atoms with van der Waals surface area (Å²) in [6.45, 7) is 4.73. The van der Waals surface area contributed by atoms with E-state index in [4.69, 9.17) is 11.6 Å². The van der Waals surface area contributed by atoms with Gasteiger partial charge in [0.1, 0.15) is 12.2 Å². The predicted octanol–water partition coefficient (Wildman–Crippen LogP) is 2.93. The lowest BCUT2D eigenvalue weighted by Crippen LogP contribution is -2.76. The molecule has 0 saturated carbocycles. The standard InChI is InChI=1S/C25H30ClN5O3/c1-17(2)23-24(33)29(14-19-11-7-8-12-20(19)26)15-21-30(23)22(32)16-28(3)31(21)25(34)27-13-18-9-5-4-6-10-18/h4-12,17,21,23H,13-16H2,1-3H3,(H,27,34)/t21-,23-/m0/s1. The average Bonchev–Trinajstić information content (AvgIpc) is 2.80. The number of nitrogens with one attached hydrogen (secondary N) is 1. The molecule has 2 aromatic carbocycles. The lowest BCUT2D eigenvalue weighted by Gasteiger charge is -2.55. The van der Waals surface area contributed by atoms with Crippen LogP contribution in [0.1, 0.15) is 25.0 Å². The molecule has 34 heavy (non-hydrogen) atoms. The number of urea groups is 1. The Hall–Kier alpha value is -3.10. The van der Waals surface area contributed by atoms with Crippen molar-refractivity contribution in [1.82, 2.24) is 25.1 Å². The summed E-state index contributed by atoms with van der Waals surface area (Å²) in [6.07, 6.45) is -0.616. The van der Waals surface area contributed by atoms with Crippen LogP contribution in [0.25, 0.3) is 0 Å². The highest BCUT2D eigenvalue weighted by Gasteiger charge is 2.51. The quantitative estimate of drug-likeness (QED) is 0.709. The number of nitrogens with zero attached hydrogens (tertiary/aromatic N) is 4. The molecule has 2 heterocycles. The normalized spacial score (nSPS) is 21.1. The molecule has 8 nitrogen and oxygen atoms in total. The fraction of sp³-hybridized carbons (Fsp3) is 0.400. The van der Waals surface area contributed by atoms with Gasteiger partial charge >= 0.3 is 6.03 Å². The van der Waals surface area contributed by atoms with E-state index in [9.17, 15) is 14.4 Å². The molecule has 2 fully saturated rings. The van der Waals surface area contributed by atoms with Crippen LogP contribution in [0.3, 0.4) is 0 Å². The second-order valence-electron chi connectivity index (χ2n) is 9.09. The number of fused-ring (bicyclic) bond motifs is 1. The van der Waals surface area contributed by atoms with E-state index in [0.717, 1.165) is 11.1 Å². The van der Waals surface area contributed by atoms with Crippen LogP contribution in [0.2, 0.25) is 5.02 Å². The summed E-state index contributed by atoms with van der Waals surface area (Å²) in [5.41, 5.74) is 1.80. The number of piperazine rings is 1. The van der Waals surface area contributed by atoms with Gasteiger partial charge in [-0.1, -0.05) is 74.0 Å². The van der Waals surface area contributed by atoms with Crippen molar-refractivity contribution in [2.75, 3.05) is 20.1 Å². The molecule has 2 aliphatic heterocycles. The van der Waals surface area contributed by atoms with Gasteiger partial charge in [0.2, 0.25) is 11.8 Å². The summed E-state index contributed by atoms with van der Waals surface area (Å²) in [7, 11) is 1.72. The average molecular weight is 484 g/mol. The lowest BCUT2D eigenvalue weighted by atomic mass is 9.96. The monoisotopic (exact) mass is 483 g/mol. The Morgan fingerprint density at radius 1 is 1.09 bits per heavy atom. The van der Waals surface area contributed by atoms with Crippen molar-refractivity contribution < 1.29 is 14.4 Å². The molecule has 0 bridgehead atoms. The summed E-state index contributed by atoms with van der Waals surface area (Å²) in [6, 6.07) is 16.1. The zero-order valence-corrected chi connectivity index (χ0v) is 20.4. The van der Waals surface area contributed by atoms with Gasteiger partial charge in [-0.2, -0.15) is 0 Å². The van der Waals surface area contributed by atoms with E-state index in [2.05, 4.69) is 5.32 Å². The summed E-state index contributed by atoms with van der Waals surface area (Å²) in [4.78, 5) is 43.2. The Balaban J connectivity index is 1.62. The van der Waals surface area contributed by atoms with E-state index >= 15 is 0 Å². The Kier molecular flexibility index (Phi) is 7.09. The summed E-state index contributed by atoms with van der Waals surface area (Å²) in [5, 5.41) is 6.73. The molecule has 2 atom stereocenters. The molecule has 0 radical (unpaired) electrons. The molecule has 0 unspecified atom stereocenters. The smallest absolute Gasteiger partial charge is 0.333 e. The number of hydrazine groups is 1. The molecular formula is C25H30ClN5O3. The maximum atomic E-state index is 13.5. The van der Waals surface area contributed by atoms with Gasteiger partial charge in [-0.15, -0.1) is 0 Å². The van der Waals surface area contributed by atoms with Crippen molar-refractivity contribution in [2.45, 2.75) is 39.1 Å². The molecule has 0 spiro atoms. The minimum absolute atomic E-state index is 0.0241. The fourth-order valence-electron chi connectivity index (χ4n) is 4.69. The van der Waals surface area contributed by atoms with Gasteiger partial charge in [0, 0.05) is 25.2 Å². The number of hydrogen-bond acceptors (Lipinski definition) is 4. The second-order valence-corrected chi connectivity index (χ2v) is 9.49. The van der Waals surface area contributed by atoms with Gasteiger partial charge in [-0.05, 0) is 23.1 Å². The molecule has 1 N–H and O–H groups in total. The first-order valence-corrected chi connectivity index (χ1v) is 11.8. The van der Waals surface area contributed by atoms with Gasteiger partial charge in [0.05, 0.1) is 13.1 Å². The Labute approximate surface area is 205 Å². The minimum Gasteiger partial charge on any atom is -0.333 e. The number of carbonyl (C=O) groups excluding carboxylic acids is 3. The van der Waals surface area contributed by atoms with Crippen LogP contribution < -0.4 is 5.32 Å². The van der Waals surface area contributed by atoms with E-state index in [1.165, 1.54) is 0 Å². The molecule has 2 aromatic rings. The number of amides is 4. The van der Waals surface area contributed by atoms with E-state index < -0.39 is 12.2 Å². The molecule has 2 saturated heterocycles. The van der Waals surface area contributed by atoms with Crippen LogP contribution in [0, 0.1) is 5.92 Å². The third-order valence-corrected chi connectivity index (χ3v) is 6.69. The van der Waals surface area contributed by atoms with Crippen LogP contribution in [-0.2, 0) is 22.7 Å². The van der Waals surface area contributed by atoms with Crippen LogP contribution in [0.5, 0.6) is 0 Å². The SMILES string of the molecule is CC(C)[C@H]1C(=O)N(Cc2ccccc2Cl)C[C@H]2N1C(=O)CN(C)N2C(=O)NCc1ccccc1. The van der Waals surface area contributed by atoms with Crippen molar-refractivity contribution >= 4 is 29.4 Å². The van der Waals surface area contributed by atoms with Gasteiger partial charge in [-0.3, -0.25) is 9.59 Å². The lowest BCUT2D eigenvalue weighted by molar-refractivity contribution is -0.190. The number of likely N-dealkylation sites (N-methyl/N-ethyl adjacent to an activating group) is 1. The van der Waals surface area contributed by atoms with Crippen LogP contribution in [0.4, 0.5) is 4.79 Å². The van der Waals surface area contributed by atoms with Gasteiger partial charge in [0.25, 0.3) is 0 Å². The highest BCUT2D eigenvalue weighted by Crippen LogP contribution is 2.30. The zero-order chi connectivity index (χ0) is 24.4. The Bertz CT molecular complexity index is 1060. The number of carbonyl (C=O) groups is 3. The van der Waals surface area contributed by atoms with E-state index in [1.807, 2.05) is 62.4 Å². The first kappa shape index (κ1) is 24.0. The maximum absolute atomic E-state index is 13.5. The number of hydrogen-bond donors (Lipinski definition) is 1. The van der Waals surface area contributed by atoms with Crippen molar-refractivity contribution in [3.05, 3.63) is 70.7 Å². The summed E-state index contributed by atoms with van der Waals surface area (Å²) in [5.74, 6) is -0.414. The van der Waals surface area contributed by atoms with E-state index in [1.54, 1.807) is 32.9 Å². The van der Waals surface area contributed by atoms with E-state index in [0.29, 0.717) is 18.1 Å². The Morgan fingerprint density at radius 2 is 1.76 bits per heavy atom. The Morgan fingerprint density at radius 3 is 2.44 bits per heavy atom. The highest BCUT2D eigenvalue weighted by molar-refractivity contribution is 6.31. The number of halogens is 1. The highest BCUT2D eigenvalue weighted by atomic mass is 35.5. The van der Waals surface area contributed by atoms with Crippen molar-refractivity contribution in [1.29, 1.82) is 0 Å². The summed E-state index contributed by atoms with van der Waals surface area (Å²) >= 11 is 6.37. The van der Waals surface area contributed by atoms with Crippen molar-refractivity contribution in [3.63, 3.8) is 0 Å². The van der Waals surface area contributed by atoms with Crippen LogP contribution in [-0.4, -0.2) is 70.0 Å². The second kappa shape index (κ2) is 10.0. The van der Waals surface area contributed by atoms with Crippen LogP contribution in [0.15, 0.2) is 54.6 Å². The molecule has 9 heteroatoms. The van der Waals surface area contributed by atoms with Gasteiger partial charge < -0.3 is 15.1 Å². The molecular weight excluding hydrogens is 454 g/mol. The number of rotatable bonds is 5. The third-order valence-electron chi connectivity index (χ3n) is 6.32. The van der Waals surface area contributed by atoms with Crippen molar-refractivity contribution in [2.24, 2.45) is 5.92 Å². The van der Waals surface area contributed by atoms with Gasteiger partial charge in [0.15, 0.2) is 0 Å². The topological polar surface area (TPSA) is 76.2 Å². The minimum atomic E-state index is -0.660. The number of benzene rings is 2. The maximum Gasteiger partial charge on any atom is 0.334 e. The molecule has 180 valence electrons. The first-order chi connectivity index (χ1) is 16.3. The predicted molar refractivity (Wildman–Crippen MR) is 129 cm³/mol. The molecule has 4 rings (SSSR count). The fourth-order valence-corrected chi connectivity index (χ4v) is 4.89. The van der Waals surface area contributed by atoms with Crippen LogP contribution >= 0.6 is 11.6 Å². The summed E-state index contributed by atoms with van der Waals surface area (Å²) < 4.78 is 0. The van der Waals surface area contributed by atoms with E-state index in [-0.39, 0.29) is 36.9 Å². The molecule has 2 aliphatic rings. The van der Waals surface area contributed by atoms with Gasteiger partial charge in [-0.25, -0.2) is 14.8 Å². The zero-order valence-electron chi connectivity index (χ0n) is 19.6. The molecule has 0 aromatic heterocycles. The molecule has 0 aliphatic carbocycles.